The van der Waals surface area contributed by atoms with E-state index in [2.05, 4.69) is 5.10 Å². The predicted octanol–water partition coefficient (Wildman–Crippen LogP) is 0.234. The molecule has 1 aliphatic rings. The minimum atomic E-state index is -3.75. The summed E-state index contributed by atoms with van der Waals surface area (Å²) in [5, 5.41) is 4.06. The zero-order valence-corrected chi connectivity index (χ0v) is 14.7. The van der Waals surface area contributed by atoms with Crippen molar-refractivity contribution in [2.45, 2.75) is 37.6 Å². The Hall–Kier alpha value is -2.20. The summed E-state index contributed by atoms with van der Waals surface area (Å²) in [4.78, 5) is 24.0. The quantitative estimate of drug-likeness (QED) is 0.700. The van der Waals surface area contributed by atoms with Crippen LogP contribution < -0.4 is 5.69 Å². The lowest BCUT2D eigenvalue weighted by molar-refractivity contribution is -0.144. The van der Waals surface area contributed by atoms with Gasteiger partial charge in [-0.05, 0) is 31.9 Å². The topological polar surface area (TPSA) is 103 Å². The Morgan fingerprint density at radius 3 is 2.68 bits per heavy atom. The minimum Gasteiger partial charge on any atom is -0.465 e. The van der Waals surface area contributed by atoms with Crippen LogP contribution in [0.25, 0.3) is 5.65 Å². The van der Waals surface area contributed by atoms with E-state index < -0.39 is 21.7 Å². The smallest absolute Gasteiger partial charge is 0.350 e. The lowest BCUT2D eigenvalue weighted by atomic mass is 10.2. The van der Waals surface area contributed by atoms with Gasteiger partial charge in [-0.25, -0.2) is 22.3 Å². The summed E-state index contributed by atoms with van der Waals surface area (Å²) in [6.07, 6.45) is 4.06. The number of pyridine rings is 1. The molecule has 9 nitrogen and oxygen atoms in total. The molecular formula is C15H20N4O5S. The van der Waals surface area contributed by atoms with Crippen molar-refractivity contribution in [1.29, 1.82) is 0 Å². The molecule has 0 spiro atoms. The molecule has 0 bridgehead atoms. The standard InChI is InChI=1S/C15H20N4O5S/c1-2-24-13(20)11-19-15(21)18-10-6-7-12(14(18)16-19)25(22,23)17-8-4-3-5-9-17/h6-7,10H,2-5,8-9,11H2,1H3. The summed E-state index contributed by atoms with van der Waals surface area (Å²) in [7, 11) is -3.75. The van der Waals surface area contributed by atoms with Crippen molar-refractivity contribution in [3.8, 4) is 0 Å². The van der Waals surface area contributed by atoms with Crippen LogP contribution in [0.4, 0.5) is 0 Å². The van der Waals surface area contributed by atoms with Crippen molar-refractivity contribution in [3.63, 3.8) is 0 Å². The highest BCUT2D eigenvalue weighted by Gasteiger charge is 2.29. The third-order valence-electron chi connectivity index (χ3n) is 4.09. The summed E-state index contributed by atoms with van der Waals surface area (Å²) < 4.78 is 34.1. The highest BCUT2D eigenvalue weighted by Crippen LogP contribution is 2.22. The molecule has 3 rings (SSSR count). The number of aromatic nitrogens is 3. The van der Waals surface area contributed by atoms with Crippen LogP contribution in [0, 0.1) is 0 Å². The molecule has 1 saturated heterocycles. The molecule has 0 N–H and O–H groups in total. The molecule has 0 unspecified atom stereocenters. The van der Waals surface area contributed by atoms with Crippen LogP contribution in [-0.2, 0) is 26.1 Å². The van der Waals surface area contributed by atoms with Crippen LogP contribution in [0.15, 0.2) is 28.0 Å². The van der Waals surface area contributed by atoms with Crippen LogP contribution >= 0.6 is 0 Å². The van der Waals surface area contributed by atoms with E-state index in [9.17, 15) is 18.0 Å². The van der Waals surface area contributed by atoms with Gasteiger partial charge in [0.05, 0.1) is 6.61 Å². The van der Waals surface area contributed by atoms with Gasteiger partial charge >= 0.3 is 11.7 Å². The van der Waals surface area contributed by atoms with E-state index in [0.717, 1.165) is 28.3 Å². The number of piperidine rings is 1. The van der Waals surface area contributed by atoms with E-state index in [-0.39, 0.29) is 23.7 Å². The second-order valence-corrected chi connectivity index (χ2v) is 7.68. The number of esters is 1. The first-order valence-corrected chi connectivity index (χ1v) is 9.63. The van der Waals surface area contributed by atoms with Crippen molar-refractivity contribution in [2.24, 2.45) is 0 Å². The molecule has 0 atom stereocenters. The summed E-state index contributed by atoms with van der Waals surface area (Å²) >= 11 is 0. The molecule has 2 aromatic heterocycles. The van der Waals surface area contributed by atoms with Gasteiger partial charge in [0, 0.05) is 19.3 Å². The highest BCUT2D eigenvalue weighted by atomic mass is 32.2. The van der Waals surface area contributed by atoms with Crippen molar-refractivity contribution < 1.29 is 17.9 Å². The molecule has 3 heterocycles. The van der Waals surface area contributed by atoms with Gasteiger partial charge in [-0.15, -0.1) is 5.10 Å². The third kappa shape index (κ3) is 3.31. The molecular weight excluding hydrogens is 348 g/mol. The maximum atomic E-state index is 12.9. The Labute approximate surface area is 144 Å². The third-order valence-corrected chi connectivity index (χ3v) is 6.01. The van der Waals surface area contributed by atoms with E-state index in [4.69, 9.17) is 4.74 Å². The van der Waals surface area contributed by atoms with Gasteiger partial charge in [0.15, 0.2) is 5.65 Å². The largest absolute Gasteiger partial charge is 0.465 e. The lowest BCUT2D eigenvalue weighted by Gasteiger charge is -2.25. The normalized spacial score (nSPS) is 16.2. The molecule has 2 aromatic rings. The number of hydrogen-bond acceptors (Lipinski definition) is 6. The Bertz CT molecular complexity index is 940. The molecule has 0 aromatic carbocycles. The van der Waals surface area contributed by atoms with Gasteiger partial charge in [0.1, 0.15) is 11.4 Å². The van der Waals surface area contributed by atoms with Gasteiger partial charge < -0.3 is 4.74 Å². The van der Waals surface area contributed by atoms with Crippen LogP contribution in [0.2, 0.25) is 0 Å². The fourth-order valence-corrected chi connectivity index (χ4v) is 4.53. The molecule has 136 valence electrons. The van der Waals surface area contributed by atoms with E-state index in [1.807, 2.05) is 0 Å². The van der Waals surface area contributed by atoms with E-state index in [1.54, 1.807) is 6.92 Å². The SMILES string of the molecule is CCOC(=O)Cn1nc2c(S(=O)(=O)N3CCCCC3)cccn2c1=O. The number of carbonyl (C=O) groups is 1. The Kier molecular flexibility index (Phi) is 4.91. The monoisotopic (exact) mass is 368 g/mol. The first kappa shape index (κ1) is 17.6. The van der Waals surface area contributed by atoms with Crippen molar-refractivity contribution in [2.75, 3.05) is 19.7 Å². The Balaban J connectivity index is 2.05. The highest BCUT2D eigenvalue weighted by molar-refractivity contribution is 7.89. The molecule has 0 aliphatic carbocycles. The second-order valence-electron chi connectivity index (χ2n) is 5.78. The maximum absolute atomic E-state index is 12.9. The molecule has 0 saturated carbocycles. The van der Waals surface area contributed by atoms with Gasteiger partial charge in [-0.3, -0.25) is 4.79 Å². The Morgan fingerprint density at radius 1 is 1.28 bits per heavy atom. The summed E-state index contributed by atoms with van der Waals surface area (Å²) in [6.45, 7) is 2.40. The molecule has 10 heteroatoms. The average Bonchev–Trinajstić information content (AvgIpc) is 2.92. The first-order valence-electron chi connectivity index (χ1n) is 8.19. The number of nitrogens with zero attached hydrogens (tertiary/aromatic N) is 4. The fraction of sp³-hybridized carbons (Fsp3) is 0.533. The Morgan fingerprint density at radius 2 is 2.00 bits per heavy atom. The summed E-state index contributed by atoms with van der Waals surface area (Å²) in [5.41, 5.74) is -0.568. The zero-order chi connectivity index (χ0) is 18.0. The van der Waals surface area contributed by atoms with Gasteiger partial charge in [0.25, 0.3) is 0 Å². The molecule has 0 radical (unpaired) electrons. The van der Waals surface area contributed by atoms with Crippen molar-refractivity contribution >= 4 is 21.6 Å². The molecule has 25 heavy (non-hydrogen) atoms. The lowest BCUT2D eigenvalue weighted by Crippen LogP contribution is -2.35. The number of ether oxygens (including phenoxy) is 1. The van der Waals surface area contributed by atoms with Crippen LogP contribution in [0.5, 0.6) is 0 Å². The zero-order valence-electron chi connectivity index (χ0n) is 13.9. The van der Waals surface area contributed by atoms with E-state index in [1.165, 1.54) is 22.6 Å². The number of rotatable bonds is 5. The minimum absolute atomic E-state index is 0.0161. The number of carbonyl (C=O) groups excluding carboxylic acids is 1. The van der Waals surface area contributed by atoms with E-state index in [0.29, 0.717) is 13.1 Å². The number of sulfonamides is 1. The summed E-state index contributed by atoms with van der Waals surface area (Å²) in [6, 6.07) is 2.92. The molecule has 1 fully saturated rings. The second kappa shape index (κ2) is 6.96. The van der Waals surface area contributed by atoms with Gasteiger partial charge in [-0.1, -0.05) is 6.42 Å². The van der Waals surface area contributed by atoms with Crippen LogP contribution in [0.3, 0.4) is 0 Å². The summed E-state index contributed by atoms with van der Waals surface area (Å²) in [5.74, 6) is -0.603. The van der Waals surface area contributed by atoms with Crippen molar-refractivity contribution in [1.82, 2.24) is 18.5 Å². The predicted molar refractivity (Wildman–Crippen MR) is 88.7 cm³/mol. The maximum Gasteiger partial charge on any atom is 0.350 e. The average molecular weight is 368 g/mol. The van der Waals surface area contributed by atoms with E-state index >= 15 is 0 Å². The number of fused-ring (bicyclic) bond motifs is 1. The molecule has 1 aliphatic heterocycles. The fourth-order valence-electron chi connectivity index (χ4n) is 2.89. The van der Waals surface area contributed by atoms with Crippen LogP contribution in [-0.4, -0.2) is 52.6 Å². The van der Waals surface area contributed by atoms with Crippen LogP contribution in [0.1, 0.15) is 26.2 Å². The number of hydrogen-bond donors (Lipinski definition) is 0. The van der Waals surface area contributed by atoms with Gasteiger partial charge in [-0.2, -0.15) is 4.31 Å². The molecule has 0 amide bonds. The first-order chi connectivity index (χ1) is 11.9. The van der Waals surface area contributed by atoms with Gasteiger partial charge in [0.2, 0.25) is 10.0 Å². The van der Waals surface area contributed by atoms with Crippen molar-refractivity contribution in [3.05, 3.63) is 28.8 Å².